The fraction of sp³-hybridized carbons (Fsp3) is 0.615. The van der Waals surface area contributed by atoms with Crippen LogP contribution in [0.3, 0.4) is 0 Å². The van der Waals surface area contributed by atoms with Crippen LogP contribution in [0.25, 0.3) is 10.8 Å². The predicted octanol–water partition coefficient (Wildman–Crippen LogP) is 3.94. The average molecular weight is 767 g/mol. The molecule has 1 aromatic carbocycles. The lowest BCUT2D eigenvalue weighted by Gasteiger charge is -2.33. The van der Waals surface area contributed by atoms with Gasteiger partial charge in [0.05, 0.1) is 18.4 Å². The van der Waals surface area contributed by atoms with Crippen molar-refractivity contribution in [3.63, 3.8) is 0 Å². The first kappa shape index (κ1) is 39.3. The van der Waals surface area contributed by atoms with Crippen molar-refractivity contribution in [2.24, 2.45) is 17.8 Å². The van der Waals surface area contributed by atoms with E-state index in [-0.39, 0.29) is 31.2 Å². The number of aromatic nitrogens is 1. The normalized spacial score (nSPS) is 30.4. The second-order valence-corrected chi connectivity index (χ2v) is 19.2. The maximum absolute atomic E-state index is 14.8. The number of hydrogen-bond donors (Lipinski definition) is 4. The van der Waals surface area contributed by atoms with Crippen molar-refractivity contribution < 1.29 is 37.1 Å². The van der Waals surface area contributed by atoms with E-state index in [2.05, 4.69) is 32.6 Å². The molecule has 0 bridgehead atoms. The standard InChI is InChI=1S/C39H54N6O8S/c1-23-10-8-9-11-26-21-39(26,35(48)44-54(50,51)38(6)15-16-38)42-32(46)30-20-28(53-33-29-13-12-27(52-7)19-25(29)14-17-40-33)22-45(30)34(47)31(24(2)18-23)41-36(49)43-37(3,4)5/h9,11-14,17,19,23-24,26,28,30-31H,8,10,15-16,18,20-22H2,1-7H3,(H,42,46)(H,44,48)(H2,41,43,49)/b11-9-/t23-,24-,26-,28-,30+,31+,39-/m1/s1. The molecule has 1 saturated heterocycles. The molecule has 4 aliphatic rings. The third-order valence-corrected chi connectivity index (χ3v) is 13.4. The van der Waals surface area contributed by atoms with Crippen molar-refractivity contribution in [1.82, 2.24) is 30.6 Å². The van der Waals surface area contributed by atoms with Gasteiger partial charge in [0.15, 0.2) is 0 Å². The molecular weight excluding hydrogens is 713 g/mol. The van der Waals surface area contributed by atoms with Crippen LogP contribution in [0.5, 0.6) is 11.6 Å². The van der Waals surface area contributed by atoms with Crippen LogP contribution in [-0.2, 0) is 24.4 Å². The van der Waals surface area contributed by atoms with E-state index < -0.39 is 73.7 Å². The molecule has 0 spiro atoms. The van der Waals surface area contributed by atoms with Gasteiger partial charge < -0.3 is 30.3 Å². The van der Waals surface area contributed by atoms with Crippen LogP contribution in [0, 0.1) is 17.8 Å². The Morgan fingerprint density at radius 1 is 1.09 bits per heavy atom. The van der Waals surface area contributed by atoms with Gasteiger partial charge in [0.2, 0.25) is 27.7 Å². The average Bonchev–Trinajstić information content (AvgIpc) is 3.97. The van der Waals surface area contributed by atoms with Gasteiger partial charge in [-0.3, -0.25) is 19.1 Å². The number of carbonyl (C=O) groups is 4. The molecule has 3 heterocycles. The predicted molar refractivity (Wildman–Crippen MR) is 203 cm³/mol. The maximum atomic E-state index is 14.8. The molecule has 3 fully saturated rings. The van der Waals surface area contributed by atoms with Gasteiger partial charge in [-0.05, 0) is 108 Å². The molecule has 2 aliphatic heterocycles. The van der Waals surface area contributed by atoms with Crippen LogP contribution in [0.15, 0.2) is 42.6 Å². The molecule has 54 heavy (non-hydrogen) atoms. The van der Waals surface area contributed by atoms with E-state index in [1.54, 1.807) is 26.3 Å². The molecule has 0 unspecified atom stereocenters. The number of methoxy groups -OCH3 is 1. The van der Waals surface area contributed by atoms with Crippen molar-refractivity contribution >= 4 is 44.5 Å². The Balaban J connectivity index is 1.35. The van der Waals surface area contributed by atoms with E-state index in [1.165, 1.54) is 4.90 Å². The molecule has 4 N–H and O–H groups in total. The van der Waals surface area contributed by atoms with Crippen LogP contribution < -0.4 is 30.1 Å². The number of benzene rings is 1. The highest BCUT2D eigenvalue weighted by molar-refractivity contribution is 7.91. The van der Waals surface area contributed by atoms with E-state index in [1.807, 2.05) is 58.0 Å². The number of urea groups is 1. The quantitative estimate of drug-likeness (QED) is 0.303. The molecule has 0 radical (unpaired) electrons. The molecule has 2 saturated carbocycles. The molecule has 294 valence electrons. The molecule has 1 aromatic heterocycles. The van der Waals surface area contributed by atoms with Gasteiger partial charge >= 0.3 is 6.03 Å². The number of sulfonamides is 1. The van der Waals surface area contributed by atoms with E-state index in [0.29, 0.717) is 42.7 Å². The van der Waals surface area contributed by atoms with Crippen LogP contribution in [0.2, 0.25) is 0 Å². The Kier molecular flexibility index (Phi) is 10.7. The summed E-state index contributed by atoms with van der Waals surface area (Å²) in [7, 11) is -2.41. The summed E-state index contributed by atoms with van der Waals surface area (Å²) in [5, 5.41) is 10.3. The smallest absolute Gasteiger partial charge is 0.315 e. The Bertz CT molecular complexity index is 1940. The van der Waals surface area contributed by atoms with Gasteiger partial charge in [-0.2, -0.15) is 0 Å². The third kappa shape index (κ3) is 8.30. The number of pyridine rings is 1. The fourth-order valence-electron chi connectivity index (χ4n) is 7.62. The molecule has 15 heteroatoms. The largest absolute Gasteiger partial charge is 0.497 e. The van der Waals surface area contributed by atoms with Crippen LogP contribution >= 0.6 is 0 Å². The van der Waals surface area contributed by atoms with E-state index >= 15 is 0 Å². The summed E-state index contributed by atoms with van der Waals surface area (Å²) in [5.74, 6) is -1.43. The van der Waals surface area contributed by atoms with Crippen molar-refractivity contribution in [3.05, 3.63) is 42.6 Å². The number of rotatable bonds is 7. The van der Waals surface area contributed by atoms with Crippen molar-refractivity contribution in [3.8, 4) is 11.6 Å². The van der Waals surface area contributed by atoms with Crippen molar-refractivity contribution in [1.29, 1.82) is 0 Å². The maximum Gasteiger partial charge on any atom is 0.315 e. The molecule has 2 aliphatic carbocycles. The third-order valence-electron chi connectivity index (χ3n) is 11.2. The summed E-state index contributed by atoms with van der Waals surface area (Å²) in [6.45, 7) is 11.1. The highest BCUT2D eigenvalue weighted by Gasteiger charge is 2.63. The summed E-state index contributed by atoms with van der Waals surface area (Å²) in [6.07, 6.45) is 8.03. The Hall–Kier alpha value is -4.40. The number of nitrogens with one attached hydrogen (secondary N) is 4. The van der Waals surface area contributed by atoms with E-state index in [9.17, 15) is 27.6 Å². The first-order valence-corrected chi connectivity index (χ1v) is 20.4. The van der Waals surface area contributed by atoms with Crippen molar-refractivity contribution in [2.75, 3.05) is 13.7 Å². The van der Waals surface area contributed by atoms with E-state index in [0.717, 1.165) is 11.8 Å². The number of carbonyl (C=O) groups excluding carboxylic acids is 4. The summed E-state index contributed by atoms with van der Waals surface area (Å²) in [4.78, 5) is 62.3. The Morgan fingerprint density at radius 3 is 2.52 bits per heavy atom. The van der Waals surface area contributed by atoms with Gasteiger partial charge in [-0.1, -0.05) is 26.0 Å². The highest BCUT2D eigenvalue weighted by atomic mass is 32.2. The van der Waals surface area contributed by atoms with Gasteiger partial charge in [-0.15, -0.1) is 0 Å². The van der Waals surface area contributed by atoms with Crippen molar-refractivity contribution in [2.45, 2.75) is 121 Å². The minimum absolute atomic E-state index is 0.00173. The molecular formula is C39H54N6O8S. The fourth-order valence-corrected chi connectivity index (χ4v) is 8.93. The number of amides is 5. The lowest BCUT2D eigenvalue weighted by molar-refractivity contribution is -0.142. The zero-order valence-electron chi connectivity index (χ0n) is 32.2. The van der Waals surface area contributed by atoms with Crippen LogP contribution in [0.1, 0.15) is 86.5 Å². The number of hydrogen-bond acceptors (Lipinski definition) is 9. The van der Waals surface area contributed by atoms with Crippen LogP contribution in [0.4, 0.5) is 4.79 Å². The van der Waals surface area contributed by atoms with Crippen LogP contribution in [-0.4, -0.2) is 89.7 Å². The zero-order chi connectivity index (χ0) is 39.2. The first-order valence-electron chi connectivity index (χ1n) is 18.9. The highest BCUT2D eigenvalue weighted by Crippen LogP contribution is 2.47. The number of nitrogens with zero attached hydrogens (tertiary/aromatic N) is 2. The Labute approximate surface area is 317 Å². The first-order chi connectivity index (χ1) is 25.3. The van der Waals surface area contributed by atoms with Gasteiger partial charge in [-0.25, -0.2) is 18.2 Å². The lowest BCUT2D eigenvalue weighted by atomic mass is 9.88. The number of allylic oxidation sites excluding steroid dienone is 1. The second-order valence-electron chi connectivity index (χ2n) is 17.0. The molecule has 2 aromatic rings. The summed E-state index contributed by atoms with van der Waals surface area (Å²) in [6, 6.07) is 4.72. The summed E-state index contributed by atoms with van der Waals surface area (Å²) >= 11 is 0. The molecule has 5 amide bonds. The van der Waals surface area contributed by atoms with E-state index in [4.69, 9.17) is 9.47 Å². The van der Waals surface area contributed by atoms with Gasteiger partial charge in [0, 0.05) is 29.5 Å². The zero-order valence-corrected chi connectivity index (χ0v) is 33.0. The molecule has 7 atom stereocenters. The lowest BCUT2D eigenvalue weighted by Crippen LogP contribution is -2.60. The minimum atomic E-state index is -3.99. The number of ether oxygens (including phenoxy) is 2. The molecule has 6 rings (SSSR count). The monoisotopic (exact) mass is 766 g/mol. The van der Waals surface area contributed by atoms with Gasteiger partial charge in [0.1, 0.15) is 29.5 Å². The van der Waals surface area contributed by atoms with Gasteiger partial charge in [0.25, 0.3) is 5.91 Å². The minimum Gasteiger partial charge on any atom is -0.497 e. The second kappa shape index (κ2) is 14.7. The number of fused-ring (bicyclic) bond motifs is 3. The topological polar surface area (TPSA) is 185 Å². The SMILES string of the molecule is COc1ccc2c(O[C@@H]3C[C@H]4C(=O)N[C@]5(C(=O)NS(=O)(=O)C6(C)CC6)C[C@H]5/C=C\CC[C@@H](C)C[C@@H](C)[C@H](NC(=O)NC(C)(C)C)C(=O)N4C3)nccc2c1. The summed E-state index contributed by atoms with van der Waals surface area (Å²) in [5.41, 5.74) is -2.08. The Morgan fingerprint density at radius 2 is 1.83 bits per heavy atom. The molecule has 14 nitrogen and oxygen atoms in total. The summed E-state index contributed by atoms with van der Waals surface area (Å²) < 4.78 is 39.4.